The van der Waals surface area contributed by atoms with E-state index < -0.39 is 17.9 Å². The first-order chi connectivity index (χ1) is 15.9. The molecule has 7 nitrogen and oxygen atoms in total. The van der Waals surface area contributed by atoms with Crippen LogP contribution in [0.15, 0.2) is 29.8 Å². The summed E-state index contributed by atoms with van der Waals surface area (Å²) in [5.74, 6) is -0.219. The van der Waals surface area contributed by atoms with Gasteiger partial charge in [-0.15, -0.1) is 11.3 Å². The second-order valence-corrected chi connectivity index (χ2v) is 8.98. The number of amides is 2. The van der Waals surface area contributed by atoms with Gasteiger partial charge in [-0.3, -0.25) is 14.5 Å². The van der Waals surface area contributed by atoms with Gasteiger partial charge >= 0.3 is 6.18 Å². The molecule has 2 unspecified atom stereocenters. The molecule has 0 bridgehead atoms. The van der Waals surface area contributed by atoms with Crippen LogP contribution in [0, 0.1) is 0 Å². The maximum Gasteiger partial charge on any atom is 0.434 e. The number of aromatic nitrogens is 1. The van der Waals surface area contributed by atoms with Gasteiger partial charge in [-0.25, -0.2) is 4.98 Å². The van der Waals surface area contributed by atoms with Crippen molar-refractivity contribution in [1.29, 1.82) is 0 Å². The van der Waals surface area contributed by atoms with Crippen molar-refractivity contribution < 1.29 is 27.5 Å². The van der Waals surface area contributed by atoms with Crippen LogP contribution in [0.1, 0.15) is 30.1 Å². The number of ether oxygens (including phenoxy) is 1. The molecule has 1 aromatic heterocycles. The predicted octanol–water partition coefficient (Wildman–Crippen LogP) is 2.94. The number of carbonyl (C=O) groups is 2. The van der Waals surface area contributed by atoms with Crippen LogP contribution in [0.2, 0.25) is 0 Å². The topological polar surface area (TPSA) is 74.8 Å². The minimum absolute atomic E-state index is 0.0652. The molecule has 178 valence electrons. The van der Waals surface area contributed by atoms with Crippen LogP contribution in [-0.2, 0) is 20.5 Å². The quantitative estimate of drug-likeness (QED) is 0.615. The molecule has 33 heavy (non-hydrogen) atoms. The maximum atomic E-state index is 13.2. The fourth-order valence-corrected chi connectivity index (χ4v) is 5.08. The third kappa shape index (κ3) is 5.53. The highest BCUT2D eigenvalue weighted by Gasteiger charge is 2.37. The van der Waals surface area contributed by atoms with E-state index in [0.29, 0.717) is 44.7 Å². The average molecular weight is 483 g/mol. The van der Waals surface area contributed by atoms with Crippen molar-refractivity contribution in [1.82, 2.24) is 20.1 Å². The summed E-state index contributed by atoms with van der Waals surface area (Å²) >= 11 is 0.941. The zero-order valence-electron chi connectivity index (χ0n) is 17.9. The summed E-state index contributed by atoms with van der Waals surface area (Å²) < 4.78 is 45.1. The molecular weight excluding hydrogens is 457 g/mol. The first kappa shape index (κ1) is 23.7. The van der Waals surface area contributed by atoms with E-state index in [4.69, 9.17) is 4.74 Å². The lowest BCUT2D eigenvalue weighted by atomic mass is 10.0. The average Bonchev–Trinajstić information content (AvgIpc) is 3.49. The second-order valence-electron chi connectivity index (χ2n) is 8.13. The number of alkyl halides is 3. The SMILES string of the molecule is O=CN1CCCC1C(=O)NC(CN1CCOCC1)c1ccc(-c2scnc2C(F)(F)F)cc1. The van der Waals surface area contributed by atoms with E-state index in [-0.39, 0.29) is 16.8 Å². The molecule has 1 aromatic carbocycles. The summed E-state index contributed by atoms with van der Waals surface area (Å²) in [6, 6.07) is 5.87. The summed E-state index contributed by atoms with van der Waals surface area (Å²) in [6.07, 6.45) is -2.43. The molecule has 2 aromatic rings. The van der Waals surface area contributed by atoms with Gasteiger partial charge in [-0.05, 0) is 24.0 Å². The summed E-state index contributed by atoms with van der Waals surface area (Å²) in [7, 11) is 0. The Balaban J connectivity index is 1.55. The Morgan fingerprint density at radius 1 is 1.24 bits per heavy atom. The standard InChI is InChI=1S/C22H25F3N4O3S/c23-22(24,25)20-19(33-13-26-20)16-5-3-15(4-6-16)17(12-28-8-10-32-11-9-28)27-21(31)18-2-1-7-29(18)14-30/h3-6,13-14,17-18H,1-2,7-12H2,(H,27,31). The summed E-state index contributed by atoms with van der Waals surface area (Å²) in [4.78, 5) is 31.5. The van der Waals surface area contributed by atoms with Gasteiger partial charge in [-0.2, -0.15) is 13.2 Å². The van der Waals surface area contributed by atoms with Gasteiger partial charge in [-0.1, -0.05) is 24.3 Å². The van der Waals surface area contributed by atoms with Crippen LogP contribution in [0.4, 0.5) is 13.2 Å². The number of benzene rings is 1. The zero-order valence-corrected chi connectivity index (χ0v) is 18.7. The molecule has 2 fully saturated rings. The zero-order chi connectivity index (χ0) is 23.4. The van der Waals surface area contributed by atoms with Crippen molar-refractivity contribution in [3.05, 3.63) is 41.0 Å². The van der Waals surface area contributed by atoms with Crippen LogP contribution in [0.25, 0.3) is 10.4 Å². The molecule has 0 aliphatic carbocycles. The minimum atomic E-state index is -4.52. The smallest absolute Gasteiger partial charge is 0.379 e. The van der Waals surface area contributed by atoms with Crippen molar-refractivity contribution in [2.45, 2.75) is 31.1 Å². The monoisotopic (exact) mass is 482 g/mol. The van der Waals surface area contributed by atoms with E-state index in [9.17, 15) is 22.8 Å². The molecule has 2 aliphatic heterocycles. The van der Waals surface area contributed by atoms with Crippen LogP contribution in [-0.4, -0.2) is 72.5 Å². The number of nitrogens with one attached hydrogen (secondary N) is 1. The first-order valence-electron chi connectivity index (χ1n) is 10.8. The minimum Gasteiger partial charge on any atom is -0.379 e. The molecule has 2 saturated heterocycles. The Bertz CT molecular complexity index is 961. The number of likely N-dealkylation sites (tertiary alicyclic amines) is 1. The number of morpholine rings is 1. The molecule has 0 spiro atoms. The van der Waals surface area contributed by atoms with Crippen LogP contribution < -0.4 is 5.32 Å². The molecule has 1 N–H and O–H groups in total. The van der Waals surface area contributed by atoms with E-state index in [2.05, 4.69) is 15.2 Å². The van der Waals surface area contributed by atoms with E-state index in [1.165, 1.54) is 10.4 Å². The Labute approximate surface area is 193 Å². The number of nitrogens with zero attached hydrogens (tertiary/aromatic N) is 3. The Kier molecular flexibility index (Phi) is 7.30. The first-order valence-corrected chi connectivity index (χ1v) is 11.7. The molecule has 0 saturated carbocycles. The number of carbonyl (C=O) groups excluding carboxylic acids is 2. The summed E-state index contributed by atoms with van der Waals surface area (Å²) in [6.45, 7) is 3.76. The van der Waals surface area contributed by atoms with E-state index in [0.717, 1.165) is 36.4 Å². The summed E-state index contributed by atoms with van der Waals surface area (Å²) in [5.41, 5.74) is 1.50. The maximum absolute atomic E-state index is 13.2. The molecule has 4 rings (SSSR count). The number of hydrogen-bond acceptors (Lipinski definition) is 6. The van der Waals surface area contributed by atoms with Gasteiger partial charge < -0.3 is 15.0 Å². The van der Waals surface area contributed by atoms with Crippen molar-refractivity contribution in [3.8, 4) is 10.4 Å². The third-order valence-electron chi connectivity index (χ3n) is 6.00. The Hall–Kier alpha value is -2.50. The van der Waals surface area contributed by atoms with Gasteiger partial charge in [0.2, 0.25) is 12.3 Å². The van der Waals surface area contributed by atoms with Gasteiger partial charge in [0, 0.05) is 26.2 Å². The number of hydrogen-bond donors (Lipinski definition) is 1. The Morgan fingerprint density at radius 3 is 2.64 bits per heavy atom. The van der Waals surface area contributed by atoms with Gasteiger partial charge in [0.25, 0.3) is 0 Å². The van der Waals surface area contributed by atoms with E-state index in [1.54, 1.807) is 24.3 Å². The van der Waals surface area contributed by atoms with Crippen molar-refractivity contribution >= 4 is 23.7 Å². The largest absolute Gasteiger partial charge is 0.434 e. The van der Waals surface area contributed by atoms with Gasteiger partial charge in [0.1, 0.15) is 6.04 Å². The molecule has 3 heterocycles. The van der Waals surface area contributed by atoms with Crippen LogP contribution >= 0.6 is 11.3 Å². The van der Waals surface area contributed by atoms with Gasteiger partial charge in [0.05, 0.1) is 29.6 Å². The number of thiazole rings is 1. The van der Waals surface area contributed by atoms with E-state index in [1.807, 2.05) is 0 Å². The number of halogens is 3. The molecule has 2 atom stereocenters. The number of rotatable bonds is 7. The fourth-order valence-electron chi connectivity index (χ4n) is 4.26. The molecular formula is C22H25F3N4O3S. The summed E-state index contributed by atoms with van der Waals surface area (Å²) in [5, 5.41) is 3.07. The normalized spacial score (nSPS) is 20.6. The highest BCUT2D eigenvalue weighted by Crippen LogP contribution is 2.38. The van der Waals surface area contributed by atoms with Crippen LogP contribution in [0.5, 0.6) is 0 Å². The molecule has 11 heteroatoms. The van der Waals surface area contributed by atoms with Gasteiger partial charge in [0.15, 0.2) is 5.69 Å². The fraction of sp³-hybridized carbons (Fsp3) is 0.500. The molecule has 2 amide bonds. The predicted molar refractivity (Wildman–Crippen MR) is 116 cm³/mol. The second kappa shape index (κ2) is 10.2. The van der Waals surface area contributed by atoms with Crippen LogP contribution in [0.3, 0.4) is 0 Å². The van der Waals surface area contributed by atoms with E-state index >= 15 is 0 Å². The lowest BCUT2D eigenvalue weighted by Gasteiger charge is -2.32. The third-order valence-corrected chi connectivity index (χ3v) is 6.88. The lowest BCUT2D eigenvalue weighted by molar-refractivity contribution is -0.140. The van der Waals surface area contributed by atoms with Crippen molar-refractivity contribution in [3.63, 3.8) is 0 Å². The lowest BCUT2D eigenvalue weighted by Crippen LogP contribution is -2.48. The highest BCUT2D eigenvalue weighted by atomic mass is 32.1. The van der Waals surface area contributed by atoms with Crippen molar-refractivity contribution in [2.24, 2.45) is 0 Å². The van der Waals surface area contributed by atoms with Crippen molar-refractivity contribution in [2.75, 3.05) is 39.4 Å². The Morgan fingerprint density at radius 2 is 1.97 bits per heavy atom. The molecule has 2 aliphatic rings. The molecule has 0 radical (unpaired) electrons. The highest BCUT2D eigenvalue weighted by molar-refractivity contribution is 7.13.